The number of benzene rings is 1. The highest BCUT2D eigenvalue weighted by Crippen LogP contribution is 2.49. The lowest BCUT2D eigenvalue weighted by molar-refractivity contribution is -0.128. The van der Waals surface area contributed by atoms with Gasteiger partial charge < -0.3 is 14.7 Å². The number of pyridine rings is 1. The summed E-state index contributed by atoms with van der Waals surface area (Å²) in [4.78, 5) is 24.5. The van der Waals surface area contributed by atoms with Crippen molar-refractivity contribution in [3.05, 3.63) is 53.9 Å². The van der Waals surface area contributed by atoms with Gasteiger partial charge in [-0.3, -0.25) is 4.79 Å². The number of likely N-dealkylation sites (tertiary alicyclic amines) is 1. The van der Waals surface area contributed by atoms with Crippen LogP contribution in [0.4, 0.5) is 0 Å². The number of aliphatic hydroxyl groups is 1. The molecule has 1 N–H and O–H groups in total. The molecule has 1 spiro atoms. The number of nitrogens with zero attached hydrogens (tertiary/aromatic N) is 3. The molecule has 1 unspecified atom stereocenters. The SMILES string of the molecule is CC(C)Oc1ccc(-c2ncc(-c3cccc4c3CCC43CC(=O)N(CCO)C3)s2)cn1. The van der Waals surface area contributed by atoms with Gasteiger partial charge in [0.2, 0.25) is 11.8 Å². The normalized spacial score (nSPS) is 19.9. The van der Waals surface area contributed by atoms with Crippen molar-refractivity contribution >= 4 is 17.2 Å². The number of ether oxygens (including phenoxy) is 1. The number of rotatable bonds is 6. The molecule has 3 heterocycles. The van der Waals surface area contributed by atoms with Crippen LogP contribution in [0, 0.1) is 0 Å². The first kappa shape index (κ1) is 21.1. The fourth-order valence-electron chi connectivity index (χ4n) is 5.02. The maximum Gasteiger partial charge on any atom is 0.223 e. The number of β-amino-alcohol motifs (C(OH)–C–C–N with tert-alkyl or cyclic N) is 1. The lowest BCUT2D eigenvalue weighted by Crippen LogP contribution is -2.32. The number of aliphatic hydroxyl groups excluding tert-OH is 1. The molecule has 166 valence electrons. The summed E-state index contributed by atoms with van der Waals surface area (Å²) in [5.41, 5.74) is 4.68. The maximum atomic E-state index is 12.5. The van der Waals surface area contributed by atoms with Gasteiger partial charge >= 0.3 is 0 Å². The molecule has 1 amide bonds. The van der Waals surface area contributed by atoms with Crippen LogP contribution in [-0.4, -0.2) is 51.7 Å². The standard InChI is InChI=1S/C25H27N3O3S/c1-16(2)31-22-7-6-17(13-26-22)24-27-14-21(32-24)19-4-3-5-20-18(19)8-9-25(20)12-23(30)28(15-25)10-11-29/h3-7,13-14,16,29H,8-12,15H2,1-2H3. The number of fused-ring (bicyclic) bond motifs is 2. The minimum atomic E-state index is -0.124. The second-order valence-electron chi connectivity index (χ2n) is 8.91. The van der Waals surface area contributed by atoms with E-state index in [0.29, 0.717) is 25.4 Å². The number of aromatic nitrogens is 2. The van der Waals surface area contributed by atoms with Gasteiger partial charge in [0, 0.05) is 48.9 Å². The highest BCUT2D eigenvalue weighted by molar-refractivity contribution is 7.18. The van der Waals surface area contributed by atoms with Crippen LogP contribution in [0.2, 0.25) is 0 Å². The van der Waals surface area contributed by atoms with Crippen LogP contribution in [0.3, 0.4) is 0 Å². The van der Waals surface area contributed by atoms with Crippen molar-refractivity contribution < 1.29 is 14.6 Å². The Morgan fingerprint density at radius 1 is 1.22 bits per heavy atom. The van der Waals surface area contributed by atoms with Crippen LogP contribution in [-0.2, 0) is 16.6 Å². The zero-order valence-electron chi connectivity index (χ0n) is 18.4. The smallest absolute Gasteiger partial charge is 0.223 e. The van der Waals surface area contributed by atoms with Crippen molar-refractivity contribution in [2.24, 2.45) is 0 Å². The fourth-order valence-corrected chi connectivity index (χ4v) is 5.97. The number of carbonyl (C=O) groups is 1. The third kappa shape index (κ3) is 3.69. The zero-order chi connectivity index (χ0) is 22.3. The predicted molar refractivity (Wildman–Crippen MR) is 125 cm³/mol. The van der Waals surface area contributed by atoms with Gasteiger partial charge in [0.15, 0.2) is 0 Å². The topological polar surface area (TPSA) is 75.5 Å². The summed E-state index contributed by atoms with van der Waals surface area (Å²) in [7, 11) is 0. The van der Waals surface area contributed by atoms with E-state index in [2.05, 4.69) is 28.2 Å². The van der Waals surface area contributed by atoms with Crippen molar-refractivity contribution in [2.45, 2.75) is 44.6 Å². The monoisotopic (exact) mass is 449 g/mol. The molecule has 5 rings (SSSR count). The number of thiazole rings is 1. The fraction of sp³-hybridized carbons (Fsp3) is 0.400. The van der Waals surface area contributed by atoms with E-state index < -0.39 is 0 Å². The molecule has 1 aliphatic heterocycles. The van der Waals surface area contributed by atoms with Crippen molar-refractivity contribution in [2.75, 3.05) is 19.7 Å². The maximum absolute atomic E-state index is 12.5. The van der Waals surface area contributed by atoms with Gasteiger partial charge in [-0.25, -0.2) is 9.97 Å². The third-order valence-corrected chi connectivity index (χ3v) is 7.50. The molecule has 6 nitrogen and oxygen atoms in total. The van der Waals surface area contributed by atoms with E-state index in [1.165, 1.54) is 16.7 Å². The molecule has 0 bridgehead atoms. The van der Waals surface area contributed by atoms with Crippen molar-refractivity contribution in [3.8, 4) is 26.9 Å². The van der Waals surface area contributed by atoms with Gasteiger partial charge in [-0.2, -0.15) is 0 Å². The third-order valence-electron chi connectivity index (χ3n) is 6.42. The van der Waals surface area contributed by atoms with Gasteiger partial charge in [-0.05, 0) is 49.4 Å². The van der Waals surface area contributed by atoms with E-state index in [1.54, 1.807) is 11.3 Å². The highest BCUT2D eigenvalue weighted by atomic mass is 32.1. The molecule has 2 aromatic heterocycles. The number of amides is 1. The first-order valence-electron chi connectivity index (χ1n) is 11.1. The van der Waals surface area contributed by atoms with Crippen molar-refractivity contribution in [1.29, 1.82) is 0 Å². The van der Waals surface area contributed by atoms with Gasteiger partial charge in [0.1, 0.15) is 5.01 Å². The summed E-state index contributed by atoms with van der Waals surface area (Å²) in [6.07, 6.45) is 6.31. The first-order valence-corrected chi connectivity index (χ1v) is 11.9. The molecule has 2 aliphatic rings. The Morgan fingerprint density at radius 2 is 2.09 bits per heavy atom. The van der Waals surface area contributed by atoms with Crippen LogP contribution >= 0.6 is 11.3 Å². The minimum absolute atomic E-state index is 0.0117. The molecule has 0 saturated carbocycles. The molecular formula is C25H27N3O3S. The summed E-state index contributed by atoms with van der Waals surface area (Å²) < 4.78 is 5.64. The molecule has 7 heteroatoms. The summed E-state index contributed by atoms with van der Waals surface area (Å²) in [5.74, 6) is 0.767. The van der Waals surface area contributed by atoms with E-state index in [1.807, 2.05) is 43.3 Å². The number of carbonyl (C=O) groups excluding carboxylic acids is 1. The molecule has 1 atom stereocenters. The highest BCUT2D eigenvalue weighted by Gasteiger charge is 2.48. The van der Waals surface area contributed by atoms with Gasteiger partial charge in [-0.15, -0.1) is 11.3 Å². The zero-order valence-corrected chi connectivity index (χ0v) is 19.2. The molecule has 1 fully saturated rings. The Balaban J connectivity index is 1.43. The summed E-state index contributed by atoms with van der Waals surface area (Å²) in [5, 5.41) is 10.2. The molecule has 0 radical (unpaired) electrons. The Bertz CT molecular complexity index is 1140. The van der Waals surface area contributed by atoms with E-state index in [9.17, 15) is 9.90 Å². The average molecular weight is 450 g/mol. The van der Waals surface area contributed by atoms with Crippen molar-refractivity contribution in [1.82, 2.24) is 14.9 Å². The molecule has 1 aliphatic carbocycles. The summed E-state index contributed by atoms with van der Waals surface area (Å²) in [6, 6.07) is 10.3. The van der Waals surface area contributed by atoms with E-state index in [4.69, 9.17) is 4.74 Å². The summed E-state index contributed by atoms with van der Waals surface area (Å²) in [6.45, 7) is 5.10. The minimum Gasteiger partial charge on any atom is -0.475 e. The Kier molecular flexibility index (Phi) is 5.47. The lowest BCUT2D eigenvalue weighted by Gasteiger charge is -2.25. The molecular weight excluding hydrogens is 422 g/mol. The molecule has 32 heavy (non-hydrogen) atoms. The predicted octanol–water partition coefficient (Wildman–Crippen LogP) is 4.07. The van der Waals surface area contributed by atoms with Crippen LogP contribution in [0.5, 0.6) is 5.88 Å². The van der Waals surface area contributed by atoms with Crippen LogP contribution in [0.15, 0.2) is 42.7 Å². The Labute approximate surface area is 191 Å². The van der Waals surface area contributed by atoms with Crippen LogP contribution in [0.1, 0.15) is 37.8 Å². The van der Waals surface area contributed by atoms with Gasteiger partial charge in [0.05, 0.1) is 17.6 Å². The van der Waals surface area contributed by atoms with Crippen LogP contribution in [0.25, 0.3) is 21.0 Å². The van der Waals surface area contributed by atoms with Gasteiger partial charge in [0.25, 0.3) is 0 Å². The first-order chi connectivity index (χ1) is 15.5. The van der Waals surface area contributed by atoms with Gasteiger partial charge in [-0.1, -0.05) is 18.2 Å². The number of hydrogen-bond donors (Lipinski definition) is 1. The van der Waals surface area contributed by atoms with E-state index in [0.717, 1.165) is 28.3 Å². The average Bonchev–Trinajstić information content (AvgIpc) is 3.47. The molecule has 1 aromatic carbocycles. The second-order valence-corrected chi connectivity index (χ2v) is 9.94. The Morgan fingerprint density at radius 3 is 2.84 bits per heavy atom. The lowest BCUT2D eigenvalue weighted by atomic mass is 9.80. The quantitative estimate of drug-likeness (QED) is 0.614. The Hall–Kier alpha value is -2.77. The second kappa shape index (κ2) is 8.30. The van der Waals surface area contributed by atoms with E-state index in [-0.39, 0.29) is 24.0 Å². The summed E-state index contributed by atoms with van der Waals surface area (Å²) >= 11 is 1.66. The van der Waals surface area contributed by atoms with Crippen molar-refractivity contribution in [3.63, 3.8) is 0 Å². The number of hydrogen-bond acceptors (Lipinski definition) is 6. The molecule has 1 saturated heterocycles. The van der Waals surface area contributed by atoms with Crippen LogP contribution < -0.4 is 4.74 Å². The van der Waals surface area contributed by atoms with E-state index >= 15 is 0 Å². The molecule has 3 aromatic rings. The largest absolute Gasteiger partial charge is 0.475 e.